The summed E-state index contributed by atoms with van der Waals surface area (Å²) in [5, 5.41) is 23.2. The van der Waals surface area contributed by atoms with Crippen LogP contribution in [0.25, 0.3) is 0 Å². The Hall–Kier alpha value is -1.58. The van der Waals surface area contributed by atoms with E-state index in [1.54, 1.807) is 0 Å². The van der Waals surface area contributed by atoms with Crippen molar-refractivity contribution >= 4 is 11.4 Å². The van der Waals surface area contributed by atoms with Crippen LogP contribution in [0.1, 0.15) is 12.8 Å². The number of rotatable bonds is 0. The average molecular weight is 164 g/mol. The van der Waals surface area contributed by atoms with Gasteiger partial charge in [-0.15, -0.1) is 0 Å². The summed E-state index contributed by atoms with van der Waals surface area (Å²) in [6, 6.07) is 0. The summed E-state index contributed by atoms with van der Waals surface area (Å²) in [4.78, 5) is 0. The fourth-order valence-corrected chi connectivity index (χ4v) is 1.54. The van der Waals surface area contributed by atoms with Crippen LogP contribution in [-0.4, -0.2) is 21.8 Å². The summed E-state index contributed by atoms with van der Waals surface area (Å²) in [6.45, 7) is 0. The van der Waals surface area contributed by atoms with Crippen molar-refractivity contribution in [3.63, 3.8) is 0 Å². The Balaban J connectivity index is 2.31. The molecule has 0 aromatic rings. The van der Waals surface area contributed by atoms with Gasteiger partial charge in [-0.3, -0.25) is 0 Å². The van der Waals surface area contributed by atoms with Gasteiger partial charge >= 0.3 is 0 Å². The van der Waals surface area contributed by atoms with E-state index in [9.17, 15) is 0 Å². The van der Waals surface area contributed by atoms with E-state index >= 15 is 0 Å². The van der Waals surface area contributed by atoms with E-state index in [0.29, 0.717) is 24.3 Å². The van der Waals surface area contributed by atoms with Crippen molar-refractivity contribution in [2.75, 3.05) is 0 Å². The monoisotopic (exact) mass is 164 g/mol. The maximum absolute atomic E-state index is 8.48. The van der Waals surface area contributed by atoms with Crippen molar-refractivity contribution in [3.8, 4) is 0 Å². The lowest BCUT2D eigenvalue weighted by Crippen LogP contribution is -1.90. The number of fused-ring (bicyclic) bond motifs is 1. The predicted octanol–water partition coefficient (Wildman–Crippen LogP) is 1.31. The van der Waals surface area contributed by atoms with Crippen molar-refractivity contribution in [1.29, 1.82) is 0 Å². The first-order chi connectivity index (χ1) is 5.83. The highest BCUT2D eigenvalue weighted by Gasteiger charge is 2.23. The minimum atomic E-state index is 0.644. The lowest BCUT2D eigenvalue weighted by molar-refractivity contribution is 0.319. The Morgan fingerprint density at radius 3 is 1.67 bits per heavy atom. The molecule has 2 aliphatic rings. The maximum atomic E-state index is 8.48. The second-order valence-electron chi connectivity index (χ2n) is 2.88. The third-order valence-corrected chi connectivity index (χ3v) is 2.09. The van der Waals surface area contributed by atoms with Crippen LogP contribution >= 0.6 is 0 Å². The van der Waals surface area contributed by atoms with Crippen LogP contribution in [0.15, 0.2) is 33.6 Å². The van der Waals surface area contributed by atoms with Crippen LogP contribution in [0.4, 0.5) is 0 Å². The standard InChI is InChI=1S/C8H8N2O2/c11-9-7-1-5-2-8(10-12)4-6(5)3-7/h1,4,11-12H,2-3H2/b9-7+,10-8-. The molecule has 2 rings (SSSR count). The van der Waals surface area contributed by atoms with Gasteiger partial charge in [0.2, 0.25) is 0 Å². The van der Waals surface area contributed by atoms with Gasteiger partial charge in [0, 0.05) is 12.8 Å². The van der Waals surface area contributed by atoms with Gasteiger partial charge < -0.3 is 10.4 Å². The minimum Gasteiger partial charge on any atom is -0.411 e. The molecule has 4 heteroatoms. The van der Waals surface area contributed by atoms with Crippen molar-refractivity contribution in [1.82, 2.24) is 0 Å². The topological polar surface area (TPSA) is 65.2 Å². The molecule has 0 heterocycles. The molecule has 0 aromatic carbocycles. The number of allylic oxidation sites excluding steroid dienone is 4. The van der Waals surface area contributed by atoms with Crippen LogP contribution in [0.2, 0.25) is 0 Å². The molecule has 4 nitrogen and oxygen atoms in total. The fraction of sp³-hybridized carbons (Fsp3) is 0.250. The number of hydrogen-bond acceptors (Lipinski definition) is 4. The minimum absolute atomic E-state index is 0.644. The largest absolute Gasteiger partial charge is 0.411 e. The Labute approximate surface area is 69.2 Å². The summed E-state index contributed by atoms with van der Waals surface area (Å²) in [5.74, 6) is 0. The van der Waals surface area contributed by atoms with Crippen LogP contribution in [0.5, 0.6) is 0 Å². The van der Waals surface area contributed by atoms with Crippen molar-refractivity contribution in [3.05, 3.63) is 23.3 Å². The van der Waals surface area contributed by atoms with Crippen molar-refractivity contribution in [2.45, 2.75) is 12.8 Å². The molecule has 0 radical (unpaired) electrons. The van der Waals surface area contributed by atoms with E-state index in [4.69, 9.17) is 10.4 Å². The zero-order valence-corrected chi connectivity index (χ0v) is 6.36. The molecule has 0 bridgehead atoms. The third kappa shape index (κ3) is 0.922. The highest BCUT2D eigenvalue weighted by Crippen LogP contribution is 2.31. The second kappa shape index (κ2) is 2.48. The molecule has 0 atom stereocenters. The molecule has 0 spiro atoms. The van der Waals surface area contributed by atoms with Crippen LogP contribution in [0.3, 0.4) is 0 Å². The van der Waals surface area contributed by atoms with E-state index in [-0.39, 0.29) is 0 Å². The Morgan fingerprint density at radius 2 is 1.33 bits per heavy atom. The van der Waals surface area contributed by atoms with Gasteiger partial charge in [0.25, 0.3) is 0 Å². The second-order valence-corrected chi connectivity index (χ2v) is 2.88. The molecule has 0 aliphatic heterocycles. The van der Waals surface area contributed by atoms with E-state index < -0.39 is 0 Å². The average Bonchev–Trinajstić information content (AvgIpc) is 2.59. The molecule has 0 saturated heterocycles. The molecule has 0 saturated carbocycles. The van der Waals surface area contributed by atoms with Crippen LogP contribution in [-0.2, 0) is 0 Å². The first-order valence-corrected chi connectivity index (χ1v) is 3.67. The molecule has 2 aliphatic carbocycles. The van der Waals surface area contributed by atoms with Gasteiger partial charge in [0.05, 0.1) is 11.4 Å². The van der Waals surface area contributed by atoms with Gasteiger partial charge in [-0.05, 0) is 23.3 Å². The number of oxime groups is 2. The van der Waals surface area contributed by atoms with E-state index in [1.807, 2.05) is 12.2 Å². The normalized spacial score (nSPS) is 27.7. The highest BCUT2D eigenvalue weighted by molar-refractivity contribution is 6.10. The molecule has 0 amide bonds. The Kier molecular flexibility index (Phi) is 1.46. The molecule has 0 fully saturated rings. The predicted molar refractivity (Wildman–Crippen MR) is 43.8 cm³/mol. The van der Waals surface area contributed by atoms with Crippen molar-refractivity contribution < 1.29 is 10.4 Å². The molecule has 62 valence electrons. The number of nitrogens with zero attached hydrogens (tertiary/aromatic N) is 2. The van der Waals surface area contributed by atoms with E-state index in [0.717, 1.165) is 11.1 Å². The van der Waals surface area contributed by atoms with Gasteiger partial charge in [-0.1, -0.05) is 10.3 Å². The molecule has 2 N–H and O–H groups in total. The maximum Gasteiger partial charge on any atom is 0.0842 e. The Bertz CT molecular complexity index is 303. The quantitative estimate of drug-likeness (QED) is 0.418. The van der Waals surface area contributed by atoms with E-state index in [2.05, 4.69) is 10.3 Å². The summed E-state index contributed by atoms with van der Waals surface area (Å²) >= 11 is 0. The summed E-state index contributed by atoms with van der Waals surface area (Å²) in [6.07, 6.45) is 4.93. The SMILES string of the molecule is O/N=C1\C=C2C/C(=N/O)C=C2C1. The van der Waals surface area contributed by atoms with Gasteiger partial charge in [-0.25, -0.2) is 0 Å². The highest BCUT2D eigenvalue weighted by atomic mass is 16.4. The van der Waals surface area contributed by atoms with E-state index in [1.165, 1.54) is 0 Å². The fourth-order valence-electron chi connectivity index (χ4n) is 1.54. The zero-order chi connectivity index (χ0) is 8.55. The lowest BCUT2D eigenvalue weighted by atomic mass is 10.2. The Morgan fingerprint density at radius 1 is 0.917 bits per heavy atom. The van der Waals surface area contributed by atoms with Crippen LogP contribution < -0.4 is 0 Å². The first kappa shape index (κ1) is 7.09. The number of hydrogen-bond donors (Lipinski definition) is 2. The summed E-state index contributed by atoms with van der Waals surface area (Å²) in [7, 11) is 0. The van der Waals surface area contributed by atoms with Crippen LogP contribution in [0, 0.1) is 0 Å². The third-order valence-electron chi connectivity index (χ3n) is 2.09. The molecular weight excluding hydrogens is 156 g/mol. The molecule has 0 aromatic heterocycles. The summed E-state index contributed by atoms with van der Waals surface area (Å²) < 4.78 is 0. The molecule has 0 unspecified atom stereocenters. The van der Waals surface area contributed by atoms with Gasteiger partial charge in [0.15, 0.2) is 0 Å². The smallest absolute Gasteiger partial charge is 0.0842 e. The van der Waals surface area contributed by atoms with Gasteiger partial charge in [0.1, 0.15) is 0 Å². The molecule has 12 heavy (non-hydrogen) atoms. The first-order valence-electron chi connectivity index (χ1n) is 3.67. The van der Waals surface area contributed by atoms with Crippen molar-refractivity contribution in [2.24, 2.45) is 10.3 Å². The summed E-state index contributed by atoms with van der Waals surface area (Å²) in [5.41, 5.74) is 3.53. The zero-order valence-electron chi connectivity index (χ0n) is 6.36. The molecular formula is C8H8N2O2. The lowest BCUT2D eigenvalue weighted by Gasteiger charge is -1.88. The van der Waals surface area contributed by atoms with Gasteiger partial charge in [-0.2, -0.15) is 0 Å².